The molecule has 0 bridgehead atoms. The molecular formula is C23H27N3O5. The molecule has 0 radical (unpaired) electrons. The quantitative estimate of drug-likeness (QED) is 0.684. The Morgan fingerprint density at radius 1 is 1.10 bits per heavy atom. The molecule has 8 heteroatoms. The maximum absolute atomic E-state index is 12.3. The standard InChI is InChI=1S/C23H27N3O5/c1-17-4-3-5-18(14-17)23(29)31-16-22(28)25(2)15-21(27)24-19-6-8-20(9-7-19)26-10-12-30-13-11-26/h3-9,14H,10-13,15-16H2,1-2H3,(H,24,27). The summed E-state index contributed by atoms with van der Waals surface area (Å²) in [5, 5.41) is 2.77. The predicted octanol–water partition coefficient (Wildman–Crippen LogP) is 2.09. The highest BCUT2D eigenvalue weighted by molar-refractivity contribution is 5.95. The highest BCUT2D eigenvalue weighted by atomic mass is 16.5. The lowest BCUT2D eigenvalue weighted by molar-refractivity contribution is -0.136. The van der Waals surface area contributed by atoms with Crippen molar-refractivity contribution in [3.8, 4) is 0 Å². The summed E-state index contributed by atoms with van der Waals surface area (Å²) in [6, 6.07) is 14.5. The number of hydrogen-bond donors (Lipinski definition) is 1. The van der Waals surface area contributed by atoms with Gasteiger partial charge in [0.1, 0.15) is 0 Å². The van der Waals surface area contributed by atoms with E-state index >= 15 is 0 Å². The normalized spacial score (nSPS) is 13.4. The lowest BCUT2D eigenvalue weighted by Crippen LogP contribution is -2.37. The second kappa shape index (κ2) is 10.6. The molecule has 1 aliphatic rings. The molecule has 0 atom stereocenters. The number of esters is 1. The van der Waals surface area contributed by atoms with Gasteiger partial charge in [-0.05, 0) is 43.3 Å². The van der Waals surface area contributed by atoms with Crippen LogP contribution in [-0.2, 0) is 19.1 Å². The second-order valence-electron chi connectivity index (χ2n) is 7.39. The molecule has 164 valence electrons. The zero-order valence-electron chi connectivity index (χ0n) is 17.8. The molecule has 0 aromatic heterocycles. The topological polar surface area (TPSA) is 88.2 Å². The molecule has 0 aliphatic carbocycles. The number of aryl methyl sites for hydroxylation is 1. The van der Waals surface area contributed by atoms with E-state index in [1.54, 1.807) is 18.2 Å². The Morgan fingerprint density at radius 2 is 1.81 bits per heavy atom. The molecule has 1 saturated heterocycles. The van der Waals surface area contributed by atoms with E-state index in [4.69, 9.17) is 9.47 Å². The summed E-state index contributed by atoms with van der Waals surface area (Å²) in [6.07, 6.45) is 0. The van der Waals surface area contributed by atoms with Crippen LogP contribution in [0.3, 0.4) is 0 Å². The largest absolute Gasteiger partial charge is 0.452 e. The van der Waals surface area contributed by atoms with Gasteiger partial charge >= 0.3 is 5.97 Å². The highest BCUT2D eigenvalue weighted by Crippen LogP contribution is 2.19. The minimum atomic E-state index is -0.574. The first-order valence-corrected chi connectivity index (χ1v) is 10.1. The van der Waals surface area contributed by atoms with Crippen molar-refractivity contribution in [2.45, 2.75) is 6.92 Å². The van der Waals surface area contributed by atoms with Gasteiger partial charge in [-0.3, -0.25) is 9.59 Å². The number of anilines is 2. The van der Waals surface area contributed by atoms with E-state index in [9.17, 15) is 14.4 Å². The van der Waals surface area contributed by atoms with E-state index in [0.717, 1.165) is 24.3 Å². The minimum absolute atomic E-state index is 0.147. The third-order valence-corrected chi connectivity index (χ3v) is 4.91. The number of amides is 2. The van der Waals surface area contributed by atoms with Gasteiger partial charge < -0.3 is 24.6 Å². The molecule has 0 spiro atoms. The first-order valence-electron chi connectivity index (χ1n) is 10.1. The van der Waals surface area contributed by atoms with Gasteiger partial charge in [0.25, 0.3) is 5.91 Å². The van der Waals surface area contributed by atoms with E-state index in [-0.39, 0.29) is 12.5 Å². The molecule has 2 aromatic carbocycles. The van der Waals surface area contributed by atoms with E-state index < -0.39 is 18.5 Å². The average molecular weight is 425 g/mol. The first kappa shape index (κ1) is 22.3. The van der Waals surface area contributed by atoms with Gasteiger partial charge in [-0.1, -0.05) is 17.7 Å². The highest BCUT2D eigenvalue weighted by Gasteiger charge is 2.17. The van der Waals surface area contributed by atoms with Crippen molar-refractivity contribution in [3.63, 3.8) is 0 Å². The molecule has 1 aliphatic heterocycles. The number of nitrogens with zero attached hydrogens (tertiary/aromatic N) is 2. The summed E-state index contributed by atoms with van der Waals surface area (Å²) < 4.78 is 10.4. The van der Waals surface area contributed by atoms with Gasteiger partial charge in [-0.25, -0.2) is 4.79 Å². The molecule has 1 fully saturated rings. The summed E-state index contributed by atoms with van der Waals surface area (Å²) in [7, 11) is 1.49. The first-order chi connectivity index (χ1) is 14.9. The second-order valence-corrected chi connectivity index (χ2v) is 7.39. The summed E-state index contributed by atoms with van der Waals surface area (Å²) in [5.74, 6) is -1.37. The van der Waals surface area contributed by atoms with Gasteiger partial charge in [0.05, 0.1) is 25.3 Å². The van der Waals surface area contributed by atoms with Crippen molar-refractivity contribution < 1.29 is 23.9 Å². The summed E-state index contributed by atoms with van der Waals surface area (Å²) in [4.78, 5) is 40.0. The Morgan fingerprint density at radius 3 is 2.48 bits per heavy atom. The molecule has 1 N–H and O–H groups in total. The van der Waals surface area contributed by atoms with Crippen LogP contribution in [0.2, 0.25) is 0 Å². The van der Waals surface area contributed by atoms with Crippen molar-refractivity contribution >= 4 is 29.2 Å². The van der Waals surface area contributed by atoms with E-state index in [1.165, 1.54) is 11.9 Å². The van der Waals surface area contributed by atoms with Gasteiger partial charge in [0.2, 0.25) is 5.91 Å². The maximum atomic E-state index is 12.3. The molecule has 2 aromatic rings. The van der Waals surface area contributed by atoms with E-state index in [2.05, 4.69) is 10.2 Å². The van der Waals surface area contributed by atoms with Crippen molar-refractivity contribution in [1.29, 1.82) is 0 Å². The summed E-state index contributed by atoms with van der Waals surface area (Å²) >= 11 is 0. The number of benzene rings is 2. The number of morpholine rings is 1. The number of nitrogens with one attached hydrogen (secondary N) is 1. The zero-order chi connectivity index (χ0) is 22.2. The van der Waals surface area contributed by atoms with E-state index in [1.807, 2.05) is 37.3 Å². The molecule has 31 heavy (non-hydrogen) atoms. The molecule has 0 unspecified atom stereocenters. The fourth-order valence-electron chi connectivity index (χ4n) is 3.17. The molecule has 3 rings (SSSR count). The van der Waals surface area contributed by atoms with Gasteiger partial charge in [-0.2, -0.15) is 0 Å². The van der Waals surface area contributed by atoms with E-state index in [0.29, 0.717) is 24.5 Å². The van der Waals surface area contributed by atoms with Crippen molar-refractivity contribution in [3.05, 3.63) is 59.7 Å². The number of carbonyl (C=O) groups is 3. The Bertz CT molecular complexity index is 923. The van der Waals surface area contributed by atoms with Gasteiger partial charge in [-0.15, -0.1) is 0 Å². The average Bonchev–Trinajstić information content (AvgIpc) is 2.78. The van der Waals surface area contributed by atoms with Crippen LogP contribution in [0, 0.1) is 6.92 Å². The van der Waals surface area contributed by atoms with Crippen LogP contribution in [0.5, 0.6) is 0 Å². The molecule has 8 nitrogen and oxygen atoms in total. The monoisotopic (exact) mass is 425 g/mol. The van der Waals surface area contributed by atoms with Crippen LogP contribution in [-0.4, -0.2) is 69.2 Å². The van der Waals surface area contributed by atoms with Crippen molar-refractivity contribution in [2.24, 2.45) is 0 Å². The maximum Gasteiger partial charge on any atom is 0.338 e. The van der Waals surface area contributed by atoms with Crippen LogP contribution < -0.4 is 10.2 Å². The van der Waals surface area contributed by atoms with Gasteiger partial charge in [0.15, 0.2) is 6.61 Å². The van der Waals surface area contributed by atoms with Gasteiger partial charge in [0, 0.05) is 31.5 Å². The predicted molar refractivity (Wildman–Crippen MR) is 117 cm³/mol. The Kier molecular flexibility index (Phi) is 7.61. The van der Waals surface area contributed by atoms with Crippen LogP contribution in [0.25, 0.3) is 0 Å². The Balaban J connectivity index is 1.44. The smallest absolute Gasteiger partial charge is 0.338 e. The van der Waals surface area contributed by atoms with Crippen LogP contribution in [0.15, 0.2) is 48.5 Å². The Hall–Kier alpha value is -3.39. The summed E-state index contributed by atoms with van der Waals surface area (Å²) in [6.45, 7) is 4.39. The fraction of sp³-hybridized carbons (Fsp3) is 0.348. The molecule has 1 heterocycles. The molecule has 2 amide bonds. The molecular weight excluding hydrogens is 398 g/mol. The number of carbonyl (C=O) groups excluding carboxylic acids is 3. The lowest BCUT2D eigenvalue weighted by Gasteiger charge is -2.28. The SMILES string of the molecule is Cc1cccc(C(=O)OCC(=O)N(C)CC(=O)Nc2ccc(N3CCOCC3)cc2)c1. The van der Waals surface area contributed by atoms with Crippen LogP contribution in [0.4, 0.5) is 11.4 Å². The third kappa shape index (κ3) is 6.55. The fourth-order valence-corrected chi connectivity index (χ4v) is 3.17. The number of hydrogen-bond acceptors (Lipinski definition) is 6. The lowest BCUT2D eigenvalue weighted by atomic mass is 10.1. The molecule has 0 saturated carbocycles. The Labute approximate surface area is 181 Å². The minimum Gasteiger partial charge on any atom is -0.452 e. The number of ether oxygens (including phenoxy) is 2. The van der Waals surface area contributed by atoms with Crippen LogP contribution in [0.1, 0.15) is 15.9 Å². The number of rotatable bonds is 7. The van der Waals surface area contributed by atoms with Crippen molar-refractivity contribution in [1.82, 2.24) is 4.90 Å². The zero-order valence-corrected chi connectivity index (χ0v) is 17.8. The number of likely N-dealkylation sites (N-methyl/N-ethyl adjacent to an activating group) is 1. The van der Waals surface area contributed by atoms with Crippen LogP contribution >= 0.6 is 0 Å². The third-order valence-electron chi connectivity index (χ3n) is 4.91. The van der Waals surface area contributed by atoms with Crippen molar-refractivity contribution in [2.75, 3.05) is 56.7 Å². The summed E-state index contributed by atoms with van der Waals surface area (Å²) in [5.41, 5.74) is 3.03.